The normalized spacial score (nSPS) is 12.2. The summed E-state index contributed by atoms with van der Waals surface area (Å²) in [5.41, 5.74) is 1.06. The molecule has 0 heterocycles. The van der Waals surface area contributed by atoms with Gasteiger partial charge in [-0.2, -0.15) is 0 Å². The highest BCUT2D eigenvalue weighted by atomic mass is 14.3. The van der Waals surface area contributed by atoms with Crippen molar-refractivity contribution in [2.45, 2.75) is 27.2 Å². The summed E-state index contributed by atoms with van der Waals surface area (Å²) in [7, 11) is 0. The zero-order valence-electron chi connectivity index (χ0n) is 6.44. The van der Waals surface area contributed by atoms with Crippen molar-refractivity contribution in [1.82, 2.24) is 0 Å². The standard InChI is InChI=1S/C8H15N/c1-7(2)4-5-8(3)6-9/h5-7,9H,4H2,1-3H3/b8-5-,9-6?. The summed E-state index contributed by atoms with van der Waals surface area (Å²) >= 11 is 0. The first kappa shape index (κ1) is 8.41. The second kappa shape index (κ2) is 4.30. The van der Waals surface area contributed by atoms with Crippen LogP contribution in [0.4, 0.5) is 0 Å². The molecule has 0 aromatic rings. The lowest BCUT2D eigenvalue weighted by atomic mass is 10.1. The first-order valence-electron chi connectivity index (χ1n) is 3.34. The Balaban J connectivity index is 3.56. The van der Waals surface area contributed by atoms with E-state index in [0.717, 1.165) is 12.0 Å². The molecule has 0 aliphatic rings. The summed E-state index contributed by atoms with van der Waals surface area (Å²) < 4.78 is 0. The molecule has 0 aliphatic heterocycles. The second-order valence-electron chi connectivity index (χ2n) is 2.72. The summed E-state index contributed by atoms with van der Waals surface area (Å²) in [6, 6.07) is 0. The van der Waals surface area contributed by atoms with E-state index in [1.54, 1.807) is 0 Å². The van der Waals surface area contributed by atoms with E-state index in [1.165, 1.54) is 6.21 Å². The van der Waals surface area contributed by atoms with E-state index in [1.807, 2.05) is 6.92 Å². The summed E-state index contributed by atoms with van der Waals surface area (Å²) in [5.74, 6) is 0.708. The van der Waals surface area contributed by atoms with Crippen LogP contribution in [-0.4, -0.2) is 6.21 Å². The van der Waals surface area contributed by atoms with Gasteiger partial charge in [-0.3, -0.25) is 0 Å². The zero-order chi connectivity index (χ0) is 7.28. The molecule has 0 fully saturated rings. The van der Waals surface area contributed by atoms with Crippen LogP contribution in [-0.2, 0) is 0 Å². The summed E-state index contributed by atoms with van der Waals surface area (Å²) in [5, 5.41) is 6.86. The van der Waals surface area contributed by atoms with Crippen molar-refractivity contribution in [2.75, 3.05) is 0 Å². The molecule has 0 rings (SSSR count). The topological polar surface area (TPSA) is 23.9 Å². The summed E-state index contributed by atoms with van der Waals surface area (Å²) in [4.78, 5) is 0. The predicted molar refractivity (Wildman–Crippen MR) is 42.0 cm³/mol. The van der Waals surface area contributed by atoms with Crippen LogP contribution in [0.5, 0.6) is 0 Å². The van der Waals surface area contributed by atoms with Gasteiger partial charge in [0.2, 0.25) is 0 Å². The molecular formula is C8H15N. The van der Waals surface area contributed by atoms with Crippen LogP contribution in [0.1, 0.15) is 27.2 Å². The zero-order valence-corrected chi connectivity index (χ0v) is 6.44. The molecule has 0 spiro atoms. The Labute approximate surface area is 57.3 Å². The van der Waals surface area contributed by atoms with Gasteiger partial charge < -0.3 is 5.41 Å². The summed E-state index contributed by atoms with van der Waals surface area (Å²) in [6.45, 7) is 6.30. The average molecular weight is 125 g/mol. The fourth-order valence-electron chi connectivity index (χ4n) is 0.481. The molecule has 0 saturated carbocycles. The number of rotatable bonds is 3. The Morgan fingerprint density at radius 3 is 2.44 bits per heavy atom. The molecule has 0 aromatic heterocycles. The van der Waals surface area contributed by atoms with Gasteiger partial charge in [-0.05, 0) is 24.8 Å². The lowest BCUT2D eigenvalue weighted by Gasteiger charge is -1.96. The minimum atomic E-state index is 0.708. The van der Waals surface area contributed by atoms with Crippen molar-refractivity contribution < 1.29 is 0 Å². The maximum atomic E-state index is 6.86. The first-order valence-corrected chi connectivity index (χ1v) is 3.34. The van der Waals surface area contributed by atoms with Crippen LogP contribution in [0.25, 0.3) is 0 Å². The van der Waals surface area contributed by atoms with Gasteiger partial charge in [0.15, 0.2) is 0 Å². The molecule has 0 saturated heterocycles. The van der Waals surface area contributed by atoms with Gasteiger partial charge in [0.1, 0.15) is 0 Å². The number of hydrogen-bond donors (Lipinski definition) is 1. The molecule has 1 nitrogen and oxygen atoms in total. The lowest BCUT2D eigenvalue weighted by molar-refractivity contribution is 0.662. The molecule has 0 amide bonds. The maximum absolute atomic E-state index is 6.86. The van der Waals surface area contributed by atoms with E-state index in [-0.39, 0.29) is 0 Å². The highest BCUT2D eigenvalue weighted by molar-refractivity contribution is 5.74. The molecule has 0 radical (unpaired) electrons. The fourth-order valence-corrected chi connectivity index (χ4v) is 0.481. The van der Waals surface area contributed by atoms with Crippen LogP contribution >= 0.6 is 0 Å². The van der Waals surface area contributed by atoms with Crippen LogP contribution in [0.15, 0.2) is 11.6 Å². The van der Waals surface area contributed by atoms with Gasteiger partial charge >= 0.3 is 0 Å². The lowest BCUT2D eigenvalue weighted by Crippen LogP contribution is -1.84. The molecule has 1 N–H and O–H groups in total. The smallest absolute Gasteiger partial charge is 0.0203 e. The molecule has 0 aliphatic carbocycles. The van der Waals surface area contributed by atoms with Crippen molar-refractivity contribution in [2.24, 2.45) is 5.92 Å². The molecule has 1 heteroatoms. The molecule has 0 bridgehead atoms. The minimum absolute atomic E-state index is 0.708. The Kier molecular flexibility index (Phi) is 4.02. The Morgan fingerprint density at radius 2 is 2.11 bits per heavy atom. The molecule has 52 valence electrons. The van der Waals surface area contributed by atoms with E-state index in [4.69, 9.17) is 5.41 Å². The monoisotopic (exact) mass is 125 g/mol. The quantitative estimate of drug-likeness (QED) is 0.561. The third-order valence-corrected chi connectivity index (χ3v) is 1.14. The Hall–Kier alpha value is -0.590. The molecule has 9 heavy (non-hydrogen) atoms. The van der Waals surface area contributed by atoms with Crippen molar-refractivity contribution in [3.8, 4) is 0 Å². The largest absolute Gasteiger partial charge is 0.308 e. The Morgan fingerprint density at radius 1 is 1.56 bits per heavy atom. The first-order chi connectivity index (χ1) is 4.16. The van der Waals surface area contributed by atoms with Crippen LogP contribution in [0.2, 0.25) is 0 Å². The van der Waals surface area contributed by atoms with Crippen molar-refractivity contribution in [3.63, 3.8) is 0 Å². The molecule has 0 aromatic carbocycles. The molecular weight excluding hydrogens is 110 g/mol. The van der Waals surface area contributed by atoms with Crippen LogP contribution in [0.3, 0.4) is 0 Å². The number of allylic oxidation sites excluding steroid dienone is 2. The maximum Gasteiger partial charge on any atom is 0.0203 e. The van der Waals surface area contributed by atoms with E-state index < -0.39 is 0 Å². The third kappa shape index (κ3) is 5.28. The SMILES string of the molecule is C/C(C=N)=C/CC(C)C. The Bertz CT molecular complexity index is 112. The molecule has 0 unspecified atom stereocenters. The van der Waals surface area contributed by atoms with Crippen molar-refractivity contribution in [1.29, 1.82) is 5.41 Å². The predicted octanol–water partition coefficient (Wildman–Crippen LogP) is 2.63. The van der Waals surface area contributed by atoms with E-state index in [0.29, 0.717) is 5.92 Å². The minimum Gasteiger partial charge on any atom is -0.308 e. The van der Waals surface area contributed by atoms with Crippen LogP contribution in [0, 0.1) is 11.3 Å². The number of hydrogen-bond acceptors (Lipinski definition) is 1. The highest BCUT2D eigenvalue weighted by Crippen LogP contribution is 2.01. The van der Waals surface area contributed by atoms with Gasteiger partial charge in [-0.25, -0.2) is 0 Å². The fraction of sp³-hybridized carbons (Fsp3) is 0.625. The van der Waals surface area contributed by atoms with Crippen LogP contribution < -0.4 is 0 Å². The van der Waals surface area contributed by atoms with Gasteiger partial charge in [0.25, 0.3) is 0 Å². The van der Waals surface area contributed by atoms with Gasteiger partial charge in [-0.15, -0.1) is 0 Å². The van der Waals surface area contributed by atoms with E-state index >= 15 is 0 Å². The van der Waals surface area contributed by atoms with Crippen molar-refractivity contribution >= 4 is 6.21 Å². The van der Waals surface area contributed by atoms with E-state index in [2.05, 4.69) is 19.9 Å². The molecule has 0 atom stereocenters. The summed E-state index contributed by atoms with van der Waals surface area (Å²) in [6.07, 6.45) is 4.57. The van der Waals surface area contributed by atoms with Crippen molar-refractivity contribution in [3.05, 3.63) is 11.6 Å². The van der Waals surface area contributed by atoms with Gasteiger partial charge in [0, 0.05) is 6.21 Å². The third-order valence-electron chi connectivity index (χ3n) is 1.14. The number of nitrogens with one attached hydrogen (secondary N) is 1. The van der Waals surface area contributed by atoms with E-state index in [9.17, 15) is 0 Å². The van der Waals surface area contributed by atoms with Gasteiger partial charge in [-0.1, -0.05) is 19.9 Å². The average Bonchev–Trinajstić information content (AvgIpc) is 1.83. The highest BCUT2D eigenvalue weighted by Gasteiger charge is 1.88. The van der Waals surface area contributed by atoms with Gasteiger partial charge in [0.05, 0.1) is 0 Å². The second-order valence-corrected chi connectivity index (χ2v) is 2.72.